The molecule has 0 radical (unpaired) electrons. The van der Waals surface area contributed by atoms with Gasteiger partial charge in [0.15, 0.2) is 0 Å². The molecular formula is C23H24O3. The second-order valence-corrected chi connectivity index (χ2v) is 6.61. The molecule has 0 saturated heterocycles. The summed E-state index contributed by atoms with van der Waals surface area (Å²) in [6, 6.07) is 19.4. The third kappa shape index (κ3) is 3.96. The first-order chi connectivity index (χ1) is 12.6. The molecule has 26 heavy (non-hydrogen) atoms. The summed E-state index contributed by atoms with van der Waals surface area (Å²) in [5.41, 5.74) is 7.04. The van der Waals surface area contributed by atoms with Crippen molar-refractivity contribution in [1.29, 1.82) is 0 Å². The lowest BCUT2D eigenvalue weighted by Crippen LogP contribution is -2.09. The highest BCUT2D eigenvalue weighted by molar-refractivity contribution is 5.49. The van der Waals surface area contributed by atoms with E-state index in [1.165, 1.54) is 0 Å². The molecule has 3 heteroatoms. The second kappa shape index (κ2) is 8.17. The van der Waals surface area contributed by atoms with Gasteiger partial charge in [0, 0.05) is 0 Å². The van der Waals surface area contributed by atoms with E-state index in [1.54, 1.807) is 12.1 Å². The summed E-state index contributed by atoms with van der Waals surface area (Å²) in [4.78, 5) is 0. The van der Waals surface area contributed by atoms with E-state index in [-0.39, 0.29) is 19.0 Å². The molecule has 0 heterocycles. The number of aliphatic hydroxyl groups excluding tert-OH is 2. The molecule has 3 N–H and O–H groups in total. The zero-order chi connectivity index (χ0) is 18.5. The molecule has 0 aromatic heterocycles. The summed E-state index contributed by atoms with van der Waals surface area (Å²) in [5.74, 6) is 0.249. The van der Waals surface area contributed by atoms with Crippen molar-refractivity contribution in [2.75, 3.05) is 0 Å². The molecule has 3 aromatic carbocycles. The van der Waals surface area contributed by atoms with Gasteiger partial charge in [-0.25, -0.2) is 0 Å². The van der Waals surface area contributed by atoms with Gasteiger partial charge in [0.1, 0.15) is 5.75 Å². The van der Waals surface area contributed by atoms with Crippen LogP contribution in [0.4, 0.5) is 0 Å². The van der Waals surface area contributed by atoms with Crippen molar-refractivity contribution in [2.45, 2.75) is 33.0 Å². The van der Waals surface area contributed by atoms with Gasteiger partial charge in [0.05, 0.1) is 13.2 Å². The Labute approximate surface area is 154 Å². The SMILES string of the molecule is Cc1cc(CO)c(CO)c(Cc2ccccc2)c1Cc1cccc(O)c1. The molecule has 0 spiro atoms. The van der Waals surface area contributed by atoms with Crippen molar-refractivity contribution in [3.63, 3.8) is 0 Å². The van der Waals surface area contributed by atoms with Crippen molar-refractivity contribution in [3.05, 3.63) is 99.6 Å². The topological polar surface area (TPSA) is 60.7 Å². The largest absolute Gasteiger partial charge is 0.508 e. The Hall–Kier alpha value is -2.62. The average molecular weight is 348 g/mol. The predicted octanol–water partition coefficient (Wildman–Crippen LogP) is 3.87. The third-order valence-electron chi connectivity index (χ3n) is 4.83. The minimum absolute atomic E-state index is 0.0923. The van der Waals surface area contributed by atoms with Crippen LogP contribution in [0.15, 0.2) is 60.7 Å². The van der Waals surface area contributed by atoms with Gasteiger partial charge in [-0.2, -0.15) is 0 Å². The highest BCUT2D eigenvalue weighted by atomic mass is 16.3. The van der Waals surface area contributed by atoms with Crippen molar-refractivity contribution >= 4 is 0 Å². The van der Waals surface area contributed by atoms with Gasteiger partial charge in [0.25, 0.3) is 0 Å². The lowest BCUT2D eigenvalue weighted by molar-refractivity contribution is 0.259. The Kier molecular flexibility index (Phi) is 5.71. The van der Waals surface area contributed by atoms with Crippen molar-refractivity contribution in [1.82, 2.24) is 0 Å². The number of aliphatic hydroxyl groups is 2. The maximum absolute atomic E-state index is 9.98. The van der Waals surface area contributed by atoms with Gasteiger partial charge in [-0.15, -0.1) is 0 Å². The standard InChI is InChI=1S/C23H24O3/c1-16-10-19(14-24)23(15-25)22(12-17-6-3-2-4-7-17)21(16)13-18-8-5-9-20(26)11-18/h2-11,24-26H,12-15H2,1H3. The van der Waals surface area contributed by atoms with Gasteiger partial charge >= 0.3 is 0 Å². The molecule has 0 bridgehead atoms. The molecule has 0 atom stereocenters. The Morgan fingerprint density at radius 1 is 0.692 bits per heavy atom. The first-order valence-electron chi connectivity index (χ1n) is 8.79. The van der Waals surface area contributed by atoms with E-state index in [0.29, 0.717) is 12.8 Å². The van der Waals surface area contributed by atoms with Crippen LogP contribution >= 0.6 is 0 Å². The van der Waals surface area contributed by atoms with Crippen LogP contribution < -0.4 is 0 Å². The number of phenols is 1. The van der Waals surface area contributed by atoms with E-state index in [0.717, 1.165) is 38.9 Å². The number of aryl methyl sites for hydroxylation is 1. The van der Waals surface area contributed by atoms with Crippen molar-refractivity contribution < 1.29 is 15.3 Å². The molecule has 3 aromatic rings. The van der Waals surface area contributed by atoms with Gasteiger partial charge in [-0.1, -0.05) is 48.5 Å². The van der Waals surface area contributed by atoms with Crippen LogP contribution in [0.25, 0.3) is 0 Å². The maximum Gasteiger partial charge on any atom is 0.115 e. The fraction of sp³-hybridized carbons (Fsp3) is 0.217. The Morgan fingerprint density at radius 3 is 2.04 bits per heavy atom. The van der Waals surface area contributed by atoms with Crippen LogP contribution in [0.2, 0.25) is 0 Å². The molecule has 0 saturated carbocycles. The lowest BCUT2D eigenvalue weighted by Gasteiger charge is -2.20. The number of rotatable bonds is 6. The van der Waals surface area contributed by atoms with E-state index in [4.69, 9.17) is 0 Å². The maximum atomic E-state index is 9.98. The highest BCUT2D eigenvalue weighted by Gasteiger charge is 2.16. The summed E-state index contributed by atoms with van der Waals surface area (Å²) >= 11 is 0. The van der Waals surface area contributed by atoms with E-state index < -0.39 is 0 Å². The molecule has 0 fully saturated rings. The fourth-order valence-corrected chi connectivity index (χ4v) is 3.52. The minimum atomic E-state index is -0.106. The molecule has 3 nitrogen and oxygen atoms in total. The number of hydrogen-bond donors (Lipinski definition) is 3. The van der Waals surface area contributed by atoms with Gasteiger partial charge < -0.3 is 15.3 Å². The second-order valence-electron chi connectivity index (χ2n) is 6.61. The zero-order valence-electron chi connectivity index (χ0n) is 14.9. The van der Waals surface area contributed by atoms with Crippen LogP contribution in [-0.4, -0.2) is 15.3 Å². The monoisotopic (exact) mass is 348 g/mol. The predicted molar refractivity (Wildman–Crippen MR) is 103 cm³/mol. The first-order valence-corrected chi connectivity index (χ1v) is 8.79. The third-order valence-corrected chi connectivity index (χ3v) is 4.83. The molecule has 0 aliphatic heterocycles. The fourth-order valence-electron chi connectivity index (χ4n) is 3.52. The van der Waals surface area contributed by atoms with Crippen LogP contribution in [0.3, 0.4) is 0 Å². The van der Waals surface area contributed by atoms with Crippen molar-refractivity contribution in [2.24, 2.45) is 0 Å². The highest BCUT2D eigenvalue weighted by Crippen LogP contribution is 2.29. The van der Waals surface area contributed by atoms with E-state index >= 15 is 0 Å². The van der Waals surface area contributed by atoms with Gasteiger partial charge in [0.2, 0.25) is 0 Å². The summed E-state index contributed by atoms with van der Waals surface area (Å²) in [6.45, 7) is 1.84. The molecule has 0 amide bonds. The van der Waals surface area contributed by atoms with E-state index in [9.17, 15) is 15.3 Å². The Bertz CT molecular complexity index is 885. The van der Waals surface area contributed by atoms with Crippen LogP contribution in [-0.2, 0) is 26.1 Å². The smallest absolute Gasteiger partial charge is 0.115 e. The number of phenolic OH excluding ortho intramolecular Hbond substituents is 1. The van der Waals surface area contributed by atoms with Crippen LogP contribution in [0, 0.1) is 6.92 Å². The zero-order valence-corrected chi connectivity index (χ0v) is 14.9. The van der Waals surface area contributed by atoms with Gasteiger partial charge in [-0.05, 0) is 70.8 Å². The van der Waals surface area contributed by atoms with Crippen LogP contribution in [0.1, 0.15) is 38.9 Å². The van der Waals surface area contributed by atoms with Crippen LogP contribution in [0.5, 0.6) is 5.75 Å². The molecule has 134 valence electrons. The minimum Gasteiger partial charge on any atom is -0.508 e. The summed E-state index contributed by atoms with van der Waals surface area (Å²) in [5, 5.41) is 29.5. The Morgan fingerprint density at radius 2 is 1.38 bits per heavy atom. The molecule has 0 aliphatic carbocycles. The molecular weight excluding hydrogens is 324 g/mol. The van der Waals surface area contributed by atoms with Crippen molar-refractivity contribution in [3.8, 4) is 5.75 Å². The summed E-state index contributed by atoms with van der Waals surface area (Å²) in [7, 11) is 0. The quantitative estimate of drug-likeness (QED) is 0.634. The normalized spacial score (nSPS) is 10.9. The number of hydrogen-bond acceptors (Lipinski definition) is 3. The lowest BCUT2D eigenvalue weighted by atomic mass is 9.86. The molecule has 3 rings (SSSR count). The summed E-state index contributed by atoms with van der Waals surface area (Å²) < 4.78 is 0. The van der Waals surface area contributed by atoms with Gasteiger partial charge in [-0.3, -0.25) is 0 Å². The Balaban J connectivity index is 2.11. The number of aromatic hydroxyl groups is 1. The number of benzene rings is 3. The molecule has 0 unspecified atom stereocenters. The van der Waals surface area contributed by atoms with E-state index in [1.807, 2.05) is 43.3 Å². The molecule has 0 aliphatic rings. The first kappa shape index (κ1) is 18.2. The van der Waals surface area contributed by atoms with E-state index in [2.05, 4.69) is 12.1 Å². The average Bonchev–Trinajstić information content (AvgIpc) is 2.65. The summed E-state index contributed by atoms with van der Waals surface area (Å²) in [6.07, 6.45) is 1.36.